The van der Waals surface area contributed by atoms with E-state index in [0.29, 0.717) is 36.3 Å². The van der Waals surface area contributed by atoms with E-state index in [1.165, 1.54) is 18.2 Å². The van der Waals surface area contributed by atoms with Crippen molar-refractivity contribution in [2.24, 2.45) is 0 Å². The number of H-pyrrole nitrogens is 2. The lowest BCUT2D eigenvalue weighted by Crippen LogP contribution is -2.52. The molecule has 4 aliphatic rings. The third-order valence-corrected chi connectivity index (χ3v) is 15.4. The van der Waals surface area contributed by atoms with Crippen molar-refractivity contribution in [3.05, 3.63) is 220 Å². The smallest absolute Gasteiger partial charge is 0.254 e. The number of ketones is 2. The third-order valence-electron chi connectivity index (χ3n) is 15.4. The topological polar surface area (TPSA) is 170 Å². The number of benzene rings is 5. The maximum Gasteiger partial charge on any atom is 0.254 e. The SMILES string of the molecule is Cc1ccc(NC(=O)[C@H](CC2=CC(=O)C=CC2=O)NC(=O)[C@@H]2CCCN2C(=O)c2ccc(-c3c4nc(c(-c5ccc(C)cc5)c5ccc([nH]5)c(-c5ccc(C)cc5)c5nc(c(-c6ccc(C)cc6)c6ccc3[nH]6)C=C5)C=C4)cc2)cc1. The van der Waals surface area contributed by atoms with Crippen molar-refractivity contribution in [3.63, 3.8) is 0 Å². The first kappa shape index (κ1) is 51.7. The van der Waals surface area contributed by atoms with E-state index < -0.39 is 29.7 Å². The van der Waals surface area contributed by atoms with E-state index in [0.717, 1.165) is 106 Å². The highest BCUT2D eigenvalue weighted by atomic mass is 16.2. The number of anilines is 1. The molecule has 0 saturated carbocycles. The Bertz CT molecular complexity index is 4140. The third kappa shape index (κ3) is 10.5. The van der Waals surface area contributed by atoms with Crippen molar-refractivity contribution < 1.29 is 24.0 Å². The Kier molecular flexibility index (Phi) is 13.8. The first-order valence-corrected chi connectivity index (χ1v) is 27.2. The first-order valence-electron chi connectivity index (χ1n) is 27.2. The van der Waals surface area contributed by atoms with E-state index in [4.69, 9.17) is 9.97 Å². The number of aromatic amines is 2. The van der Waals surface area contributed by atoms with Crippen LogP contribution in [0.4, 0.5) is 5.69 Å². The predicted octanol–water partition coefficient (Wildman–Crippen LogP) is 13.3. The van der Waals surface area contributed by atoms with Crippen LogP contribution in [0.25, 0.3) is 90.9 Å². The van der Waals surface area contributed by atoms with Crippen molar-refractivity contribution in [3.8, 4) is 44.5 Å². The largest absolute Gasteiger partial charge is 0.354 e. The van der Waals surface area contributed by atoms with Crippen LogP contribution in [-0.4, -0.2) is 72.8 Å². The van der Waals surface area contributed by atoms with Crippen LogP contribution in [-0.2, 0) is 19.2 Å². The van der Waals surface area contributed by atoms with Crippen molar-refractivity contribution in [1.29, 1.82) is 0 Å². The number of nitrogens with one attached hydrogen (secondary N) is 4. The van der Waals surface area contributed by atoms with E-state index in [-0.39, 0.29) is 23.7 Å². The Balaban J connectivity index is 0.950. The minimum absolute atomic E-state index is 0.101. The molecular formula is C69H57N7O5. The summed E-state index contributed by atoms with van der Waals surface area (Å²) in [6.07, 6.45) is 12.5. The molecule has 8 bridgehead atoms. The summed E-state index contributed by atoms with van der Waals surface area (Å²) in [6.45, 7) is 8.49. The quantitative estimate of drug-likeness (QED) is 0.0934. The van der Waals surface area contributed by atoms with Gasteiger partial charge in [0, 0.05) is 74.1 Å². The summed E-state index contributed by atoms with van der Waals surface area (Å²) in [4.78, 5) is 88.1. The number of nitrogens with zero attached hydrogens (tertiary/aromatic N) is 3. The maximum atomic E-state index is 14.6. The molecule has 1 fully saturated rings. The number of carbonyl (C=O) groups excluding carboxylic acids is 5. The molecule has 0 radical (unpaired) electrons. The minimum atomic E-state index is -1.22. The summed E-state index contributed by atoms with van der Waals surface area (Å²) in [6, 6.07) is 46.3. The summed E-state index contributed by atoms with van der Waals surface area (Å²) in [7, 11) is 0. The van der Waals surface area contributed by atoms with Gasteiger partial charge in [-0.1, -0.05) is 119 Å². The van der Waals surface area contributed by atoms with Crippen LogP contribution in [0, 0.1) is 27.7 Å². The zero-order valence-corrected chi connectivity index (χ0v) is 45.3. The molecule has 8 aromatic rings. The van der Waals surface area contributed by atoms with Gasteiger partial charge >= 0.3 is 0 Å². The van der Waals surface area contributed by atoms with Gasteiger partial charge < -0.3 is 25.5 Å². The van der Waals surface area contributed by atoms with E-state index in [9.17, 15) is 24.0 Å². The Morgan fingerprint density at radius 2 is 0.938 bits per heavy atom. The van der Waals surface area contributed by atoms with E-state index in [1.54, 1.807) is 29.2 Å². The molecule has 1 saturated heterocycles. The number of hydrogen-bond donors (Lipinski definition) is 4. The average molecular weight is 1060 g/mol. The number of aryl methyl sites for hydroxylation is 4. The van der Waals surface area contributed by atoms with Crippen LogP contribution in [0.5, 0.6) is 0 Å². The lowest BCUT2D eigenvalue weighted by atomic mass is 9.96. The maximum absolute atomic E-state index is 14.6. The summed E-state index contributed by atoms with van der Waals surface area (Å²) >= 11 is 0. The zero-order chi connectivity index (χ0) is 55.9. The second kappa shape index (κ2) is 21.6. The molecule has 0 spiro atoms. The zero-order valence-electron chi connectivity index (χ0n) is 45.3. The number of fused-ring (bicyclic) bond motifs is 8. The van der Waals surface area contributed by atoms with Crippen molar-refractivity contribution in [2.45, 2.75) is 59.0 Å². The molecule has 3 amide bonds. The predicted molar refractivity (Wildman–Crippen MR) is 322 cm³/mol. The van der Waals surface area contributed by atoms with Gasteiger partial charge in [-0.3, -0.25) is 24.0 Å². The standard InChI is InChI=1S/C69H57N7O5/c1-40-7-15-44(16-8-40)63-52-28-30-54(71-52)64(45-17-9-41(2)10-18-45)56-32-34-58(73-56)66(59-35-33-57(74-59)65(55-31-29-53(63)72-55)46-19-11-42(3)12-20-46)47-21-23-48(24-22-47)69(81)76-37-5-6-61(76)68(80)75-60(39-49-38-51(77)27-36-62(49)78)67(79)70-50-25-13-43(4)14-26-50/h7-36,38,60-61,71,74H,5-6,37,39H2,1-4H3,(H,70,79)(H,75,80)/t60-,61-/m0/s1. The van der Waals surface area contributed by atoms with Crippen LogP contribution in [0.3, 0.4) is 0 Å². The molecule has 12 nitrogen and oxygen atoms in total. The Labute approximate surface area is 468 Å². The molecule has 6 heterocycles. The highest BCUT2D eigenvalue weighted by Gasteiger charge is 2.37. The highest BCUT2D eigenvalue weighted by molar-refractivity contribution is 6.18. The molecule has 3 aromatic heterocycles. The van der Waals surface area contributed by atoms with E-state index in [1.807, 2.05) is 37.3 Å². The van der Waals surface area contributed by atoms with Gasteiger partial charge in [-0.15, -0.1) is 0 Å². The van der Waals surface area contributed by atoms with E-state index >= 15 is 0 Å². The molecule has 0 unspecified atom stereocenters. The minimum Gasteiger partial charge on any atom is -0.354 e. The number of rotatable bonds is 11. The average Bonchev–Trinajstić information content (AvgIpc) is 4.38. The summed E-state index contributed by atoms with van der Waals surface area (Å²) in [5, 5.41) is 5.69. The van der Waals surface area contributed by atoms with Crippen molar-refractivity contribution >= 4 is 81.3 Å². The van der Waals surface area contributed by atoms with Crippen LogP contribution < -0.4 is 10.6 Å². The Morgan fingerprint density at radius 1 is 0.531 bits per heavy atom. The molecule has 81 heavy (non-hydrogen) atoms. The van der Waals surface area contributed by atoms with Crippen LogP contribution in [0.1, 0.15) is 74.6 Å². The molecular weight excluding hydrogens is 1010 g/mol. The number of hydrogen-bond acceptors (Lipinski definition) is 7. The van der Waals surface area contributed by atoms with Gasteiger partial charge in [-0.25, -0.2) is 9.97 Å². The van der Waals surface area contributed by atoms with Crippen molar-refractivity contribution in [1.82, 2.24) is 30.2 Å². The lowest BCUT2D eigenvalue weighted by Gasteiger charge is -2.27. The second-order valence-corrected chi connectivity index (χ2v) is 21.2. The Morgan fingerprint density at radius 3 is 1.37 bits per heavy atom. The molecule has 12 rings (SSSR count). The van der Waals surface area contributed by atoms with E-state index in [2.05, 4.69) is 157 Å². The Hall–Kier alpha value is -10.1. The summed E-state index contributed by atoms with van der Waals surface area (Å²) in [5.74, 6) is -2.25. The summed E-state index contributed by atoms with van der Waals surface area (Å²) < 4.78 is 0. The van der Waals surface area contributed by atoms with Crippen molar-refractivity contribution in [2.75, 3.05) is 11.9 Å². The molecule has 398 valence electrons. The first-order chi connectivity index (χ1) is 39.3. The summed E-state index contributed by atoms with van der Waals surface area (Å²) in [5.41, 5.74) is 19.4. The second-order valence-electron chi connectivity index (χ2n) is 21.2. The monoisotopic (exact) mass is 1060 g/mol. The van der Waals surface area contributed by atoms with Crippen LogP contribution in [0.2, 0.25) is 0 Å². The van der Waals surface area contributed by atoms with Crippen LogP contribution >= 0.6 is 0 Å². The number of carbonyl (C=O) groups is 5. The number of aromatic nitrogens is 4. The van der Waals surface area contributed by atoms with Gasteiger partial charge in [0.1, 0.15) is 12.1 Å². The highest BCUT2D eigenvalue weighted by Crippen LogP contribution is 2.39. The number of allylic oxidation sites excluding steroid dienone is 3. The number of likely N-dealkylation sites (tertiary alicyclic amines) is 1. The van der Waals surface area contributed by atoms with Gasteiger partial charge in [0.05, 0.1) is 22.8 Å². The van der Waals surface area contributed by atoms with Gasteiger partial charge in [0.25, 0.3) is 5.91 Å². The van der Waals surface area contributed by atoms with Crippen LogP contribution in [0.15, 0.2) is 169 Å². The van der Waals surface area contributed by atoms with Gasteiger partial charge in [0.15, 0.2) is 11.6 Å². The fourth-order valence-corrected chi connectivity index (χ4v) is 11.1. The van der Waals surface area contributed by atoms with Gasteiger partial charge in [-0.05, 0) is 154 Å². The molecule has 5 aromatic carbocycles. The normalized spacial score (nSPS) is 15.0. The molecule has 2 atom stereocenters. The molecule has 12 heteroatoms. The van der Waals surface area contributed by atoms with Gasteiger partial charge in [0.2, 0.25) is 11.8 Å². The molecule has 4 N–H and O–H groups in total. The number of amides is 3. The van der Waals surface area contributed by atoms with Gasteiger partial charge in [-0.2, -0.15) is 0 Å². The lowest BCUT2D eigenvalue weighted by molar-refractivity contribution is -0.129. The molecule has 3 aliphatic heterocycles. The molecule has 1 aliphatic carbocycles. The fraction of sp³-hybridized carbons (Fsp3) is 0.145. The fourth-order valence-electron chi connectivity index (χ4n) is 11.1.